The van der Waals surface area contributed by atoms with Gasteiger partial charge in [-0.05, 0) is 25.1 Å². The monoisotopic (exact) mass is 324 g/mol. The Balaban J connectivity index is 2.86. The number of rotatable bonds is 4. The number of carbonyl (C=O) groups is 1. The third kappa shape index (κ3) is 4.21. The standard InChI is InChI=1S/C11H12BrF3N2O/c1-2-16-10(18)6-17-9-5-7(12)3-4-8(9)11(13,14)15/h3-5,17H,2,6H2,1H3,(H,16,18). The van der Waals surface area contributed by atoms with Crippen LogP contribution in [0.1, 0.15) is 12.5 Å². The average molecular weight is 325 g/mol. The molecule has 2 N–H and O–H groups in total. The Labute approximate surface area is 111 Å². The minimum Gasteiger partial charge on any atom is -0.376 e. The van der Waals surface area contributed by atoms with Gasteiger partial charge in [0.1, 0.15) is 0 Å². The van der Waals surface area contributed by atoms with Crippen LogP contribution in [0.5, 0.6) is 0 Å². The number of alkyl halides is 3. The summed E-state index contributed by atoms with van der Waals surface area (Å²) in [4.78, 5) is 11.2. The van der Waals surface area contributed by atoms with E-state index in [9.17, 15) is 18.0 Å². The first-order chi connectivity index (χ1) is 8.34. The summed E-state index contributed by atoms with van der Waals surface area (Å²) in [5.41, 5.74) is -0.918. The average Bonchev–Trinajstić information content (AvgIpc) is 2.25. The van der Waals surface area contributed by atoms with E-state index in [1.54, 1.807) is 6.92 Å². The van der Waals surface area contributed by atoms with E-state index in [2.05, 4.69) is 26.6 Å². The third-order valence-electron chi connectivity index (χ3n) is 2.10. The molecular formula is C11H12BrF3N2O. The highest BCUT2D eigenvalue weighted by molar-refractivity contribution is 9.10. The first-order valence-corrected chi connectivity index (χ1v) is 6.01. The van der Waals surface area contributed by atoms with Gasteiger partial charge in [-0.1, -0.05) is 15.9 Å². The summed E-state index contributed by atoms with van der Waals surface area (Å²) >= 11 is 3.09. The van der Waals surface area contributed by atoms with Crippen molar-refractivity contribution < 1.29 is 18.0 Å². The molecule has 1 rings (SSSR count). The molecule has 0 atom stereocenters. The van der Waals surface area contributed by atoms with Crippen LogP contribution in [0.2, 0.25) is 0 Å². The second kappa shape index (κ2) is 6.08. The van der Waals surface area contributed by atoms with Gasteiger partial charge in [0.25, 0.3) is 0 Å². The maximum absolute atomic E-state index is 12.7. The van der Waals surface area contributed by atoms with Crippen LogP contribution in [0.15, 0.2) is 22.7 Å². The number of halogens is 4. The first-order valence-electron chi connectivity index (χ1n) is 5.22. The van der Waals surface area contributed by atoms with Gasteiger partial charge in [0, 0.05) is 16.7 Å². The van der Waals surface area contributed by atoms with E-state index in [1.807, 2.05) is 0 Å². The van der Waals surface area contributed by atoms with Gasteiger partial charge < -0.3 is 10.6 Å². The second-order valence-electron chi connectivity index (χ2n) is 3.49. The number of likely N-dealkylation sites (N-methyl/N-ethyl adjacent to an activating group) is 1. The van der Waals surface area contributed by atoms with E-state index in [4.69, 9.17) is 0 Å². The fraction of sp³-hybridized carbons (Fsp3) is 0.364. The van der Waals surface area contributed by atoms with Crippen LogP contribution in [0.3, 0.4) is 0 Å². The molecule has 0 saturated carbocycles. The van der Waals surface area contributed by atoms with Gasteiger partial charge >= 0.3 is 6.18 Å². The summed E-state index contributed by atoms with van der Waals surface area (Å²) in [5, 5.41) is 4.98. The highest BCUT2D eigenvalue weighted by atomic mass is 79.9. The second-order valence-corrected chi connectivity index (χ2v) is 4.41. The Bertz CT molecular complexity index is 435. The summed E-state index contributed by atoms with van der Waals surface area (Å²) in [6.45, 7) is 1.97. The predicted molar refractivity (Wildman–Crippen MR) is 66.3 cm³/mol. The van der Waals surface area contributed by atoms with Crippen molar-refractivity contribution in [3.8, 4) is 0 Å². The number of hydrogen-bond acceptors (Lipinski definition) is 2. The Morgan fingerprint density at radius 1 is 1.39 bits per heavy atom. The molecule has 0 heterocycles. The summed E-state index contributed by atoms with van der Waals surface area (Å²) in [7, 11) is 0. The zero-order valence-electron chi connectivity index (χ0n) is 9.57. The van der Waals surface area contributed by atoms with Crippen LogP contribution in [-0.2, 0) is 11.0 Å². The van der Waals surface area contributed by atoms with Gasteiger partial charge in [-0.15, -0.1) is 0 Å². The molecule has 1 aromatic carbocycles. The Morgan fingerprint density at radius 2 is 2.06 bits per heavy atom. The van der Waals surface area contributed by atoms with Crippen molar-refractivity contribution in [2.45, 2.75) is 13.1 Å². The molecule has 100 valence electrons. The molecule has 0 bridgehead atoms. The molecule has 18 heavy (non-hydrogen) atoms. The van der Waals surface area contributed by atoms with Gasteiger partial charge in [0.2, 0.25) is 5.91 Å². The van der Waals surface area contributed by atoms with Crippen molar-refractivity contribution >= 4 is 27.5 Å². The molecule has 0 unspecified atom stereocenters. The molecule has 0 aliphatic carbocycles. The lowest BCUT2D eigenvalue weighted by atomic mass is 10.1. The van der Waals surface area contributed by atoms with Crippen molar-refractivity contribution in [3.63, 3.8) is 0 Å². The smallest absolute Gasteiger partial charge is 0.376 e. The third-order valence-corrected chi connectivity index (χ3v) is 2.59. The summed E-state index contributed by atoms with van der Waals surface area (Å²) in [6, 6.07) is 3.56. The van der Waals surface area contributed by atoms with E-state index < -0.39 is 11.7 Å². The molecule has 1 aromatic rings. The van der Waals surface area contributed by atoms with Crippen LogP contribution in [0.4, 0.5) is 18.9 Å². The van der Waals surface area contributed by atoms with Crippen LogP contribution >= 0.6 is 15.9 Å². The molecule has 3 nitrogen and oxygen atoms in total. The number of carbonyl (C=O) groups excluding carboxylic acids is 1. The van der Waals surface area contributed by atoms with Crippen molar-refractivity contribution in [1.29, 1.82) is 0 Å². The largest absolute Gasteiger partial charge is 0.418 e. The van der Waals surface area contributed by atoms with Crippen molar-refractivity contribution in [2.24, 2.45) is 0 Å². The number of amides is 1. The van der Waals surface area contributed by atoms with Crippen molar-refractivity contribution in [3.05, 3.63) is 28.2 Å². The van der Waals surface area contributed by atoms with Gasteiger partial charge in [-0.2, -0.15) is 13.2 Å². The maximum Gasteiger partial charge on any atom is 0.418 e. The first kappa shape index (κ1) is 14.8. The molecular weight excluding hydrogens is 313 g/mol. The van der Waals surface area contributed by atoms with E-state index in [0.29, 0.717) is 11.0 Å². The highest BCUT2D eigenvalue weighted by Crippen LogP contribution is 2.36. The van der Waals surface area contributed by atoms with Crippen LogP contribution < -0.4 is 10.6 Å². The summed E-state index contributed by atoms with van der Waals surface area (Å²) in [5.74, 6) is -0.356. The van der Waals surface area contributed by atoms with Crippen LogP contribution in [-0.4, -0.2) is 19.0 Å². The number of nitrogens with one attached hydrogen (secondary N) is 2. The number of hydrogen-bond donors (Lipinski definition) is 2. The number of anilines is 1. The highest BCUT2D eigenvalue weighted by Gasteiger charge is 2.33. The molecule has 0 aliphatic rings. The van der Waals surface area contributed by atoms with E-state index >= 15 is 0 Å². The minimum atomic E-state index is -4.45. The quantitative estimate of drug-likeness (QED) is 0.893. The van der Waals surface area contributed by atoms with Crippen LogP contribution in [0, 0.1) is 0 Å². The normalized spacial score (nSPS) is 11.2. The zero-order valence-corrected chi connectivity index (χ0v) is 11.2. The molecule has 7 heteroatoms. The maximum atomic E-state index is 12.7. The molecule has 0 fully saturated rings. The SMILES string of the molecule is CCNC(=O)CNc1cc(Br)ccc1C(F)(F)F. The predicted octanol–water partition coefficient (Wildman–Crippen LogP) is 3.02. The van der Waals surface area contributed by atoms with Crippen molar-refractivity contribution in [2.75, 3.05) is 18.4 Å². The van der Waals surface area contributed by atoms with Gasteiger partial charge in [0.15, 0.2) is 0 Å². The lowest BCUT2D eigenvalue weighted by Gasteiger charge is -2.14. The molecule has 0 radical (unpaired) electrons. The molecule has 0 saturated heterocycles. The lowest BCUT2D eigenvalue weighted by Crippen LogP contribution is -2.30. The van der Waals surface area contributed by atoms with E-state index in [0.717, 1.165) is 6.07 Å². The summed E-state index contributed by atoms with van der Waals surface area (Å²) < 4.78 is 38.6. The van der Waals surface area contributed by atoms with E-state index in [1.165, 1.54) is 12.1 Å². The molecule has 0 spiro atoms. The molecule has 1 amide bonds. The Morgan fingerprint density at radius 3 is 2.61 bits per heavy atom. The van der Waals surface area contributed by atoms with Gasteiger partial charge in [-0.25, -0.2) is 0 Å². The Hall–Kier alpha value is -1.24. The molecule has 0 aliphatic heterocycles. The minimum absolute atomic E-state index is 0.122. The van der Waals surface area contributed by atoms with Crippen molar-refractivity contribution in [1.82, 2.24) is 5.32 Å². The fourth-order valence-corrected chi connectivity index (χ4v) is 1.71. The Kier molecular flexibility index (Phi) is 5.01. The zero-order chi connectivity index (χ0) is 13.8. The van der Waals surface area contributed by atoms with Crippen LogP contribution in [0.25, 0.3) is 0 Å². The van der Waals surface area contributed by atoms with E-state index in [-0.39, 0.29) is 18.1 Å². The fourth-order valence-electron chi connectivity index (χ4n) is 1.35. The molecule has 0 aromatic heterocycles. The lowest BCUT2D eigenvalue weighted by molar-refractivity contribution is -0.137. The van der Waals surface area contributed by atoms with Gasteiger partial charge in [0.05, 0.1) is 12.1 Å². The summed E-state index contributed by atoms with van der Waals surface area (Å²) in [6.07, 6.45) is -4.45. The number of benzene rings is 1. The topological polar surface area (TPSA) is 41.1 Å². The van der Waals surface area contributed by atoms with Gasteiger partial charge in [-0.3, -0.25) is 4.79 Å².